The Morgan fingerprint density at radius 2 is 2.47 bits per heavy atom. The first-order valence-corrected chi connectivity index (χ1v) is 8.03. The summed E-state index contributed by atoms with van der Waals surface area (Å²) in [5, 5.41) is 9.65. The molecule has 0 bridgehead atoms. The lowest BCUT2D eigenvalue weighted by molar-refractivity contribution is -0.121. The predicted molar refractivity (Wildman–Crippen MR) is 78.4 cm³/mol. The van der Waals surface area contributed by atoms with Crippen LogP contribution in [0.4, 0.5) is 0 Å². The third-order valence-electron chi connectivity index (χ3n) is 3.40. The summed E-state index contributed by atoms with van der Waals surface area (Å²) >= 11 is 1.73. The molecular weight excluding hydrogens is 258 g/mol. The van der Waals surface area contributed by atoms with Crippen LogP contribution in [0.25, 0.3) is 0 Å². The van der Waals surface area contributed by atoms with Crippen LogP contribution in [-0.2, 0) is 11.2 Å². The minimum Gasteiger partial charge on any atom is -0.356 e. The van der Waals surface area contributed by atoms with E-state index < -0.39 is 0 Å². The quantitative estimate of drug-likeness (QED) is 0.752. The van der Waals surface area contributed by atoms with E-state index >= 15 is 0 Å². The number of carbonyl (C=O) groups excluding carboxylic acids is 1. The van der Waals surface area contributed by atoms with Crippen LogP contribution in [0.5, 0.6) is 0 Å². The van der Waals surface area contributed by atoms with Gasteiger partial charge in [-0.3, -0.25) is 4.79 Å². The Morgan fingerprint density at radius 3 is 3.16 bits per heavy atom. The number of aromatic nitrogens is 1. The second-order valence-corrected chi connectivity index (χ2v) is 6.13. The Kier molecular flexibility index (Phi) is 5.79. The molecule has 1 fully saturated rings. The molecule has 1 aliphatic rings. The number of thiazole rings is 1. The average Bonchev–Trinajstić information content (AvgIpc) is 3.01. The van der Waals surface area contributed by atoms with Gasteiger partial charge < -0.3 is 10.6 Å². The van der Waals surface area contributed by atoms with Crippen LogP contribution in [0.3, 0.4) is 0 Å². The molecule has 2 N–H and O–H groups in total. The fourth-order valence-corrected chi connectivity index (χ4v) is 3.19. The van der Waals surface area contributed by atoms with Crippen LogP contribution in [0, 0.1) is 6.92 Å². The van der Waals surface area contributed by atoms with Crippen molar-refractivity contribution >= 4 is 17.2 Å². The molecule has 0 spiro atoms. The molecule has 1 aromatic rings. The van der Waals surface area contributed by atoms with Gasteiger partial charge in [-0.15, -0.1) is 11.3 Å². The van der Waals surface area contributed by atoms with Crippen LogP contribution in [0.15, 0.2) is 5.38 Å². The zero-order chi connectivity index (χ0) is 13.5. The van der Waals surface area contributed by atoms with E-state index in [0.29, 0.717) is 12.5 Å². The maximum absolute atomic E-state index is 11.7. The summed E-state index contributed by atoms with van der Waals surface area (Å²) in [6, 6.07) is 0.401. The molecule has 2 heterocycles. The third kappa shape index (κ3) is 5.28. The lowest BCUT2D eigenvalue weighted by Gasteiger charge is -2.10. The zero-order valence-electron chi connectivity index (χ0n) is 11.6. The van der Waals surface area contributed by atoms with E-state index in [9.17, 15) is 4.79 Å². The average molecular weight is 281 g/mol. The molecule has 0 aromatic carbocycles. The van der Waals surface area contributed by atoms with E-state index in [2.05, 4.69) is 21.0 Å². The first kappa shape index (κ1) is 14.5. The van der Waals surface area contributed by atoms with Gasteiger partial charge in [-0.05, 0) is 45.6 Å². The molecule has 4 nitrogen and oxygen atoms in total. The van der Waals surface area contributed by atoms with Crippen LogP contribution in [0.2, 0.25) is 0 Å². The Hall–Kier alpha value is -0.940. The summed E-state index contributed by atoms with van der Waals surface area (Å²) in [6.07, 6.45) is 6.11. The minimum atomic E-state index is 0.185. The van der Waals surface area contributed by atoms with Crippen molar-refractivity contribution in [3.63, 3.8) is 0 Å². The number of hydrogen-bond acceptors (Lipinski definition) is 4. The van der Waals surface area contributed by atoms with Crippen molar-refractivity contribution in [3.8, 4) is 0 Å². The standard InChI is InChI=1S/C14H23N3OS/c1-11-10-19-14(17-11)6-2-3-7-16-13(18)9-12-5-4-8-15-12/h10,12,15H,2-9H2,1H3,(H,16,18). The topological polar surface area (TPSA) is 54.0 Å². The van der Waals surface area contributed by atoms with Gasteiger partial charge in [0, 0.05) is 30.1 Å². The molecule has 5 heteroatoms. The molecule has 1 atom stereocenters. The van der Waals surface area contributed by atoms with E-state index in [4.69, 9.17) is 0 Å². The molecule has 0 saturated carbocycles. The molecule has 0 aliphatic carbocycles. The highest BCUT2D eigenvalue weighted by Gasteiger charge is 2.16. The van der Waals surface area contributed by atoms with Gasteiger partial charge in [0.2, 0.25) is 5.91 Å². The summed E-state index contributed by atoms with van der Waals surface area (Å²) in [6.45, 7) is 3.87. The van der Waals surface area contributed by atoms with Crippen molar-refractivity contribution in [1.82, 2.24) is 15.6 Å². The lowest BCUT2D eigenvalue weighted by atomic mass is 10.1. The van der Waals surface area contributed by atoms with Gasteiger partial charge in [0.25, 0.3) is 0 Å². The molecule has 1 aliphatic heterocycles. The van der Waals surface area contributed by atoms with Gasteiger partial charge in [-0.2, -0.15) is 0 Å². The highest BCUT2D eigenvalue weighted by atomic mass is 32.1. The van der Waals surface area contributed by atoms with Crippen LogP contribution in [0.1, 0.15) is 42.8 Å². The van der Waals surface area contributed by atoms with Crippen molar-refractivity contribution in [3.05, 3.63) is 16.1 Å². The maximum Gasteiger partial charge on any atom is 0.221 e. The Bertz CT molecular complexity index is 399. The van der Waals surface area contributed by atoms with E-state index in [1.54, 1.807) is 11.3 Å². The van der Waals surface area contributed by atoms with Crippen molar-refractivity contribution in [2.45, 2.75) is 51.5 Å². The molecule has 2 rings (SSSR count). The number of rotatable bonds is 7. The fraction of sp³-hybridized carbons (Fsp3) is 0.714. The molecule has 1 aromatic heterocycles. The number of nitrogens with one attached hydrogen (secondary N) is 2. The molecule has 19 heavy (non-hydrogen) atoms. The van der Waals surface area contributed by atoms with Crippen molar-refractivity contribution in [2.75, 3.05) is 13.1 Å². The van der Waals surface area contributed by atoms with Crippen LogP contribution < -0.4 is 10.6 Å². The molecular formula is C14H23N3OS. The number of nitrogens with zero attached hydrogens (tertiary/aromatic N) is 1. The minimum absolute atomic E-state index is 0.185. The second kappa shape index (κ2) is 7.60. The highest BCUT2D eigenvalue weighted by molar-refractivity contribution is 7.09. The first-order valence-electron chi connectivity index (χ1n) is 7.15. The van der Waals surface area contributed by atoms with E-state index in [1.165, 1.54) is 11.4 Å². The second-order valence-electron chi connectivity index (χ2n) is 5.19. The van der Waals surface area contributed by atoms with Gasteiger partial charge >= 0.3 is 0 Å². The number of aryl methyl sites for hydroxylation is 2. The van der Waals surface area contributed by atoms with Crippen LogP contribution in [-0.4, -0.2) is 30.0 Å². The number of unbranched alkanes of at least 4 members (excludes halogenated alkanes) is 1. The zero-order valence-corrected chi connectivity index (χ0v) is 12.4. The summed E-state index contributed by atoms with van der Waals surface area (Å²) < 4.78 is 0. The van der Waals surface area contributed by atoms with Crippen LogP contribution >= 0.6 is 11.3 Å². The lowest BCUT2D eigenvalue weighted by Crippen LogP contribution is -2.32. The van der Waals surface area contributed by atoms with Gasteiger partial charge in [-0.1, -0.05) is 0 Å². The summed E-state index contributed by atoms with van der Waals surface area (Å²) in [5.74, 6) is 0.185. The van der Waals surface area contributed by atoms with Crippen molar-refractivity contribution in [2.24, 2.45) is 0 Å². The number of hydrogen-bond donors (Lipinski definition) is 2. The molecule has 1 unspecified atom stereocenters. The number of carbonyl (C=O) groups is 1. The van der Waals surface area contributed by atoms with E-state index in [0.717, 1.165) is 44.5 Å². The number of amides is 1. The SMILES string of the molecule is Cc1csc(CCCCNC(=O)CC2CCCN2)n1. The largest absolute Gasteiger partial charge is 0.356 e. The smallest absolute Gasteiger partial charge is 0.221 e. The first-order chi connectivity index (χ1) is 9.24. The summed E-state index contributed by atoms with van der Waals surface area (Å²) in [7, 11) is 0. The molecule has 0 radical (unpaired) electrons. The van der Waals surface area contributed by atoms with Gasteiger partial charge in [0.05, 0.1) is 5.01 Å². The van der Waals surface area contributed by atoms with E-state index in [-0.39, 0.29) is 5.91 Å². The predicted octanol–water partition coefficient (Wildman–Crippen LogP) is 2.03. The Morgan fingerprint density at radius 1 is 1.58 bits per heavy atom. The Balaban J connectivity index is 1.50. The maximum atomic E-state index is 11.7. The van der Waals surface area contributed by atoms with E-state index in [1.807, 2.05) is 6.92 Å². The molecule has 1 amide bonds. The fourth-order valence-electron chi connectivity index (χ4n) is 2.37. The summed E-state index contributed by atoms with van der Waals surface area (Å²) in [5.41, 5.74) is 1.11. The summed E-state index contributed by atoms with van der Waals surface area (Å²) in [4.78, 5) is 16.1. The van der Waals surface area contributed by atoms with Crippen molar-refractivity contribution < 1.29 is 4.79 Å². The van der Waals surface area contributed by atoms with Gasteiger partial charge in [-0.25, -0.2) is 4.98 Å². The Labute approximate surface area is 119 Å². The van der Waals surface area contributed by atoms with Gasteiger partial charge in [0.15, 0.2) is 0 Å². The van der Waals surface area contributed by atoms with Gasteiger partial charge in [0.1, 0.15) is 0 Å². The normalized spacial score (nSPS) is 18.7. The third-order valence-corrected chi connectivity index (χ3v) is 4.43. The van der Waals surface area contributed by atoms with Crippen molar-refractivity contribution in [1.29, 1.82) is 0 Å². The molecule has 106 valence electrons. The molecule has 1 saturated heterocycles. The highest BCUT2D eigenvalue weighted by Crippen LogP contribution is 2.11. The monoisotopic (exact) mass is 281 g/mol.